The van der Waals surface area contributed by atoms with Crippen LogP contribution in [0.3, 0.4) is 0 Å². The average Bonchev–Trinajstić information content (AvgIpc) is 3.46. The highest BCUT2D eigenvalue weighted by Crippen LogP contribution is 2.36. The van der Waals surface area contributed by atoms with Crippen molar-refractivity contribution in [3.05, 3.63) is 82.6 Å². The minimum Gasteiger partial charge on any atom is -0.454 e. The number of carbonyl (C=O) groups excluding carboxylic acids is 1. The van der Waals surface area contributed by atoms with Gasteiger partial charge in [-0.15, -0.1) is 0 Å². The Morgan fingerprint density at radius 3 is 2.88 bits per heavy atom. The topological polar surface area (TPSA) is 64.6 Å². The molecule has 0 aliphatic carbocycles. The van der Waals surface area contributed by atoms with Gasteiger partial charge in [0.1, 0.15) is 0 Å². The average molecular weight is 464 g/mol. The number of benzene rings is 2. The highest BCUT2D eigenvalue weighted by Gasteiger charge is 2.21. The van der Waals surface area contributed by atoms with E-state index in [1.165, 1.54) is 17.4 Å². The lowest BCUT2D eigenvalue weighted by atomic mass is 10.2. The molecular weight excluding hydrogens is 446 g/mol. The van der Waals surface area contributed by atoms with E-state index in [2.05, 4.69) is 4.98 Å². The number of halogens is 1. The smallest absolute Gasteiger partial charge is 0.253 e. The van der Waals surface area contributed by atoms with Gasteiger partial charge >= 0.3 is 0 Å². The summed E-state index contributed by atoms with van der Waals surface area (Å²) < 4.78 is 11.6. The minimum absolute atomic E-state index is 0.207. The van der Waals surface area contributed by atoms with Crippen molar-refractivity contribution in [1.29, 1.82) is 0 Å². The van der Waals surface area contributed by atoms with Crippen LogP contribution in [0.4, 0.5) is 5.13 Å². The van der Waals surface area contributed by atoms with Crippen LogP contribution in [0.25, 0.3) is 16.3 Å². The third-order valence-electron chi connectivity index (χ3n) is 5.04. The predicted octanol–water partition coefficient (Wildman–Crippen LogP) is 5.63. The lowest BCUT2D eigenvalue weighted by molar-refractivity contribution is -0.114. The molecule has 1 aliphatic heterocycles. The standard InChI is InChI=1S/C24H18ClN3O3S/c1-15-5-8-18(25)23-22(15)27-24(32-23)28(13-17-4-2-3-11-26-17)21(29)10-7-16-6-9-19-20(12-16)31-14-30-19/h2-12H,13-14H2,1H3/b10-7+. The third-order valence-corrected chi connectivity index (χ3v) is 6.58. The fourth-order valence-corrected chi connectivity index (χ4v) is 4.70. The molecule has 0 saturated heterocycles. The van der Waals surface area contributed by atoms with Crippen LogP contribution in [0.1, 0.15) is 16.8 Å². The lowest BCUT2D eigenvalue weighted by Gasteiger charge is -2.17. The van der Waals surface area contributed by atoms with E-state index in [9.17, 15) is 4.79 Å². The Hall–Kier alpha value is -3.42. The van der Waals surface area contributed by atoms with Gasteiger partial charge in [0.25, 0.3) is 5.91 Å². The fraction of sp³-hybridized carbons (Fsp3) is 0.125. The van der Waals surface area contributed by atoms with Gasteiger partial charge in [-0.3, -0.25) is 14.7 Å². The van der Waals surface area contributed by atoms with Gasteiger partial charge in [-0.05, 0) is 54.5 Å². The van der Waals surface area contributed by atoms with Crippen LogP contribution in [-0.4, -0.2) is 22.7 Å². The van der Waals surface area contributed by atoms with E-state index in [1.54, 1.807) is 17.2 Å². The molecule has 4 aromatic rings. The number of anilines is 1. The van der Waals surface area contributed by atoms with E-state index in [4.69, 9.17) is 26.1 Å². The van der Waals surface area contributed by atoms with Crippen molar-refractivity contribution >= 4 is 50.3 Å². The summed E-state index contributed by atoms with van der Waals surface area (Å²) in [7, 11) is 0. The van der Waals surface area contributed by atoms with Crippen molar-refractivity contribution in [2.75, 3.05) is 11.7 Å². The number of fused-ring (bicyclic) bond motifs is 2. The number of ether oxygens (including phenoxy) is 2. The molecule has 0 saturated carbocycles. The Kier molecular flexibility index (Phi) is 5.51. The van der Waals surface area contributed by atoms with E-state index in [1.807, 2.05) is 55.5 Å². The minimum atomic E-state index is -0.207. The maximum Gasteiger partial charge on any atom is 0.253 e. The second kappa shape index (κ2) is 8.61. The molecule has 0 spiro atoms. The Morgan fingerprint density at radius 1 is 1.19 bits per heavy atom. The number of carbonyl (C=O) groups is 1. The normalized spacial score (nSPS) is 12.6. The number of nitrogens with zero attached hydrogens (tertiary/aromatic N) is 3. The molecule has 0 fully saturated rings. The van der Waals surface area contributed by atoms with Crippen molar-refractivity contribution in [1.82, 2.24) is 9.97 Å². The largest absolute Gasteiger partial charge is 0.454 e. The number of aryl methyl sites for hydroxylation is 1. The highest BCUT2D eigenvalue weighted by atomic mass is 35.5. The zero-order chi connectivity index (χ0) is 22.1. The molecule has 32 heavy (non-hydrogen) atoms. The summed E-state index contributed by atoms with van der Waals surface area (Å²) in [6, 6.07) is 15.0. The summed E-state index contributed by atoms with van der Waals surface area (Å²) in [6.45, 7) is 2.48. The molecule has 0 radical (unpaired) electrons. The number of pyridine rings is 1. The van der Waals surface area contributed by atoms with Crippen LogP contribution in [-0.2, 0) is 11.3 Å². The molecule has 0 bridgehead atoms. The summed E-state index contributed by atoms with van der Waals surface area (Å²) in [5, 5.41) is 1.19. The van der Waals surface area contributed by atoms with Gasteiger partial charge in [0.05, 0.1) is 27.5 Å². The molecule has 2 aromatic heterocycles. The van der Waals surface area contributed by atoms with Crippen LogP contribution < -0.4 is 14.4 Å². The number of thiazole rings is 1. The Bertz CT molecular complexity index is 1300. The summed E-state index contributed by atoms with van der Waals surface area (Å²) in [5.41, 5.74) is 3.41. The van der Waals surface area contributed by atoms with E-state index in [0.717, 1.165) is 27.0 Å². The lowest BCUT2D eigenvalue weighted by Crippen LogP contribution is -2.29. The van der Waals surface area contributed by atoms with Gasteiger partial charge in [0, 0.05) is 12.3 Å². The summed E-state index contributed by atoms with van der Waals surface area (Å²) >= 11 is 7.79. The molecule has 5 rings (SSSR count). The quantitative estimate of drug-likeness (QED) is 0.359. The van der Waals surface area contributed by atoms with Crippen molar-refractivity contribution in [3.8, 4) is 11.5 Å². The third kappa shape index (κ3) is 4.04. The Labute approximate surface area is 193 Å². The first-order chi connectivity index (χ1) is 15.6. The highest BCUT2D eigenvalue weighted by molar-refractivity contribution is 7.23. The fourth-order valence-electron chi connectivity index (χ4n) is 3.37. The van der Waals surface area contributed by atoms with Crippen molar-refractivity contribution in [2.24, 2.45) is 0 Å². The van der Waals surface area contributed by atoms with Crippen LogP contribution in [0.2, 0.25) is 5.02 Å². The number of aromatic nitrogens is 2. The molecular formula is C24H18ClN3O3S. The SMILES string of the molecule is Cc1ccc(Cl)c2sc(N(Cc3ccccn3)C(=O)/C=C/c3ccc4c(c3)OCO4)nc12. The molecule has 6 nitrogen and oxygen atoms in total. The molecule has 160 valence electrons. The number of rotatable bonds is 5. The van der Waals surface area contributed by atoms with E-state index >= 15 is 0 Å². The van der Waals surface area contributed by atoms with Crippen LogP contribution in [0.5, 0.6) is 11.5 Å². The van der Waals surface area contributed by atoms with Crippen molar-refractivity contribution < 1.29 is 14.3 Å². The van der Waals surface area contributed by atoms with Gasteiger partial charge in [-0.1, -0.05) is 41.1 Å². The maximum atomic E-state index is 13.3. The van der Waals surface area contributed by atoms with Crippen molar-refractivity contribution in [3.63, 3.8) is 0 Å². The first-order valence-corrected chi connectivity index (χ1v) is 11.1. The zero-order valence-corrected chi connectivity index (χ0v) is 18.7. The Morgan fingerprint density at radius 2 is 2.06 bits per heavy atom. The van der Waals surface area contributed by atoms with E-state index in [-0.39, 0.29) is 12.7 Å². The van der Waals surface area contributed by atoms with E-state index in [0.29, 0.717) is 28.2 Å². The molecule has 0 N–H and O–H groups in total. The zero-order valence-electron chi connectivity index (χ0n) is 17.1. The summed E-state index contributed by atoms with van der Waals surface area (Å²) in [5.74, 6) is 1.16. The summed E-state index contributed by atoms with van der Waals surface area (Å²) in [6.07, 6.45) is 4.99. The molecule has 1 amide bonds. The maximum absolute atomic E-state index is 13.3. The van der Waals surface area contributed by atoms with Crippen molar-refractivity contribution in [2.45, 2.75) is 13.5 Å². The molecule has 3 heterocycles. The second-order valence-electron chi connectivity index (χ2n) is 7.23. The van der Waals surface area contributed by atoms with E-state index < -0.39 is 0 Å². The summed E-state index contributed by atoms with van der Waals surface area (Å²) in [4.78, 5) is 24.0. The van der Waals surface area contributed by atoms with Gasteiger partial charge < -0.3 is 9.47 Å². The van der Waals surface area contributed by atoms with Gasteiger partial charge in [-0.25, -0.2) is 4.98 Å². The molecule has 0 unspecified atom stereocenters. The van der Waals surface area contributed by atoms with Gasteiger partial charge in [-0.2, -0.15) is 0 Å². The molecule has 2 aromatic carbocycles. The first-order valence-electron chi connectivity index (χ1n) is 9.93. The Balaban J connectivity index is 1.49. The molecule has 1 aliphatic rings. The van der Waals surface area contributed by atoms with Gasteiger partial charge in [0.2, 0.25) is 6.79 Å². The first kappa shape index (κ1) is 20.5. The van der Waals surface area contributed by atoms with Gasteiger partial charge in [0.15, 0.2) is 16.6 Å². The van der Waals surface area contributed by atoms with Crippen LogP contribution >= 0.6 is 22.9 Å². The monoisotopic (exact) mass is 463 g/mol. The number of amides is 1. The number of hydrogen-bond donors (Lipinski definition) is 0. The van der Waals surface area contributed by atoms with Crippen LogP contribution in [0.15, 0.2) is 60.8 Å². The molecule has 0 atom stereocenters. The predicted molar refractivity (Wildman–Crippen MR) is 126 cm³/mol. The second-order valence-corrected chi connectivity index (χ2v) is 8.61. The van der Waals surface area contributed by atoms with Crippen LogP contribution in [0, 0.1) is 6.92 Å². The molecule has 8 heteroatoms. The number of hydrogen-bond acceptors (Lipinski definition) is 6.